The molecule has 6 atom stereocenters. The summed E-state index contributed by atoms with van der Waals surface area (Å²) < 4.78 is 81.9. The van der Waals surface area contributed by atoms with Gasteiger partial charge >= 0.3 is 15.6 Å². The van der Waals surface area contributed by atoms with Crippen molar-refractivity contribution in [2.75, 3.05) is 101 Å². The van der Waals surface area contributed by atoms with E-state index >= 15 is 0 Å². The van der Waals surface area contributed by atoms with E-state index in [-0.39, 0.29) is 66.1 Å². The molecule has 0 aliphatic heterocycles. The second kappa shape index (κ2) is 22.3. The zero-order chi connectivity index (χ0) is 31.4. The van der Waals surface area contributed by atoms with Crippen LogP contribution in [0.25, 0.3) is 0 Å². The van der Waals surface area contributed by atoms with Gasteiger partial charge in [-0.2, -0.15) is 0 Å². The number of methoxy groups -OCH3 is 3. The van der Waals surface area contributed by atoms with Gasteiger partial charge in [0.25, 0.3) is 0 Å². The molecule has 1 aliphatic carbocycles. The molecular formula is C21H44O19P2. The highest BCUT2D eigenvalue weighted by molar-refractivity contribution is 7.46. The van der Waals surface area contributed by atoms with E-state index in [9.17, 15) is 34.0 Å². The number of ether oxygens (including phenoxy) is 9. The lowest BCUT2D eigenvalue weighted by molar-refractivity contribution is -0.357. The fourth-order valence-corrected chi connectivity index (χ4v) is 4.94. The van der Waals surface area contributed by atoms with Crippen LogP contribution in [0.3, 0.4) is 0 Å². The summed E-state index contributed by atoms with van der Waals surface area (Å²) in [6, 6.07) is 0. The van der Waals surface area contributed by atoms with E-state index in [1.807, 2.05) is 0 Å². The van der Waals surface area contributed by atoms with Gasteiger partial charge in [0.05, 0.1) is 79.3 Å². The molecule has 0 aromatic heterocycles. The maximum absolute atomic E-state index is 12.0. The molecule has 0 aromatic carbocycles. The first-order chi connectivity index (χ1) is 20.0. The third kappa shape index (κ3) is 16.7. The number of hydrogen-bond acceptors (Lipinski definition) is 15. The van der Waals surface area contributed by atoms with E-state index in [1.165, 1.54) is 21.3 Å². The van der Waals surface area contributed by atoms with E-state index in [0.29, 0.717) is 13.2 Å². The lowest BCUT2D eigenvalue weighted by Gasteiger charge is -2.48. The van der Waals surface area contributed by atoms with Gasteiger partial charge in [-0.25, -0.2) is 14.0 Å². The summed E-state index contributed by atoms with van der Waals surface area (Å²) in [7, 11) is -6.17. The Balaban J connectivity index is 3.33. The van der Waals surface area contributed by atoms with Gasteiger partial charge in [-0.1, -0.05) is 0 Å². The Morgan fingerprint density at radius 3 is 1.00 bits per heavy atom. The summed E-state index contributed by atoms with van der Waals surface area (Å²) in [5.74, 6) is 0. The van der Waals surface area contributed by atoms with Crippen LogP contribution in [-0.4, -0.2) is 162 Å². The third-order valence-corrected chi connectivity index (χ3v) is 6.53. The van der Waals surface area contributed by atoms with Crippen molar-refractivity contribution in [2.45, 2.75) is 36.6 Å². The Kier molecular flexibility index (Phi) is 21.1. The first-order valence-electron chi connectivity index (χ1n) is 12.8. The monoisotopic (exact) mass is 662 g/mol. The smallest absolute Gasteiger partial charge is 0.382 e. The number of rotatable bonds is 26. The van der Waals surface area contributed by atoms with Gasteiger partial charge in [-0.05, 0) is 0 Å². The fraction of sp³-hybridized carbons (Fsp3) is 1.00. The Labute approximate surface area is 243 Å². The third-order valence-electron chi connectivity index (χ3n) is 5.49. The van der Waals surface area contributed by atoms with Crippen LogP contribution in [0.5, 0.6) is 0 Å². The van der Waals surface area contributed by atoms with E-state index < -0.39 is 52.3 Å². The second-order valence-corrected chi connectivity index (χ2v) is 10.9. The van der Waals surface area contributed by atoms with Crippen molar-refractivity contribution in [3.8, 4) is 0 Å². The number of phosphoric ester groups is 2. The fourth-order valence-electron chi connectivity index (χ4n) is 3.83. The zero-order valence-electron chi connectivity index (χ0n) is 23.8. The summed E-state index contributed by atoms with van der Waals surface area (Å²) in [5, 5.41) is 9.86. The molecule has 4 unspecified atom stereocenters. The molecule has 1 rings (SSSR count). The number of phosphoric acid groups is 2. The molecule has 0 radical (unpaired) electrons. The van der Waals surface area contributed by atoms with E-state index in [1.54, 1.807) is 0 Å². The molecule has 0 aromatic rings. The van der Waals surface area contributed by atoms with Crippen LogP contribution in [-0.2, 0) is 65.7 Å². The van der Waals surface area contributed by atoms with Crippen LogP contribution in [0.1, 0.15) is 0 Å². The Hall–Kier alpha value is -0.220. The second-order valence-electron chi connectivity index (χ2n) is 8.51. The molecule has 42 heavy (non-hydrogen) atoms. The molecular weight excluding hydrogens is 618 g/mol. The van der Waals surface area contributed by atoms with Crippen LogP contribution in [0, 0.1) is 0 Å². The predicted octanol–water partition coefficient (Wildman–Crippen LogP) is -1.04. The van der Waals surface area contributed by atoms with Crippen molar-refractivity contribution in [2.24, 2.45) is 0 Å². The minimum atomic E-state index is -5.30. The highest BCUT2D eigenvalue weighted by atomic mass is 31.2. The van der Waals surface area contributed by atoms with E-state index in [4.69, 9.17) is 51.7 Å². The van der Waals surface area contributed by atoms with Crippen molar-refractivity contribution in [1.29, 1.82) is 0 Å². The maximum atomic E-state index is 12.0. The first-order valence-corrected chi connectivity index (χ1v) is 15.9. The van der Waals surface area contributed by atoms with Crippen LogP contribution in [0.4, 0.5) is 0 Å². The summed E-state index contributed by atoms with van der Waals surface area (Å²) in [6.07, 6.45) is -10.0. The average Bonchev–Trinajstić information content (AvgIpc) is 2.91. The molecule has 1 fully saturated rings. The minimum Gasteiger partial charge on any atom is -0.382 e. The van der Waals surface area contributed by atoms with Crippen molar-refractivity contribution >= 4 is 15.6 Å². The van der Waals surface area contributed by atoms with Crippen LogP contribution in [0.15, 0.2) is 0 Å². The predicted molar refractivity (Wildman–Crippen MR) is 139 cm³/mol. The number of hydrogen-bond donors (Lipinski definition) is 5. The van der Waals surface area contributed by atoms with Gasteiger partial charge in [0.15, 0.2) is 6.10 Å². The molecule has 0 amide bonds. The Bertz CT molecular complexity index is 714. The van der Waals surface area contributed by atoms with E-state index in [2.05, 4.69) is 4.89 Å². The normalized spacial score (nSPS) is 25.2. The molecule has 0 heterocycles. The minimum absolute atomic E-state index is 0.0131. The van der Waals surface area contributed by atoms with Gasteiger partial charge in [0, 0.05) is 21.3 Å². The molecule has 0 saturated heterocycles. The van der Waals surface area contributed by atoms with Crippen LogP contribution >= 0.6 is 15.6 Å². The SMILES string of the molecule is COCCOCCOC1C(OO)[C@@H](OCCOCCOC)C(OP(=O)(O)O)C(OCCOCCOC)[C@H]1OP(=O)(O)O. The maximum Gasteiger partial charge on any atom is 0.470 e. The lowest BCUT2D eigenvalue weighted by atomic mass is 9.84. The molecule has 252 valence electrons. The molecule has 0 bridgehead atoms. The molecule has 0 spiro atoms. The van der Waals surface area contributed by atoms with E-state index in [0.717, 1.165) is 0 Å². The van der Waals surface area contributed by atoms with Gasteiger partial charge in [0.1, 0.15) is 30.5 Å². The average molecular weight is 663 g/mol. The van der Waals surface area contributed by atoms with Crippen molar-refractivity contribution < 1.29 is 90.5 Å². The first kappa shape index (κ1) is 39.8. The van der Waals surface area contributed by atoms with Gasteiger partial charge in [-0.3, -0.25) is 14.3 Å². The summed E-state index contributed by atoms with van der Waals surface area (Å²) in [6.45, 7) is 0.771. The van der Waals surface area contributed by atoms with Gasteiger partial charge in [-0.15, -0.1) is 0 Å². The van der Waals surface area contributed by atoms with Gasteiger partial charge in [0.2, 0.25) is 0 Å². The quantitative estimate of drug-likeness (QED) is 0.0321. The molecule has 21 heteroatoms. The summed E-state index contributed by atoms with van der Waals surface area (Å²) in [5.41, 5.74) is 0. The molecule has 1 saturated carbocycles. The Morgan fingerprint density at radius 2 is 0.738 bits per heavy atom. The standard InChI is InChI=1S/C21H44O19P2/c1-29-4-7-32-10-13-35-16-19(38-22)17(36-14-11-33-8-5-30-2)21(40-42(26,27)28)18(20(16)39-41(23,24)25)37-15-12-34-9-6-31-3/h16-22H,4-15H2,1-3H3,(H2,23,24,25)(H2,26,27,28)/t16-,17?,18?,19?,20?,21+/m1/s1. The van der Waals surface area contributed by atoms with Crippen molar-refractivity contribution in [3.63, 3.8) is 0 Å². The molecule has 1 aliphatic rings. The highest BCUT2D eigenvalue weighted by Gasteiger charge is 2.58. The topological polar surface area (TPSA) is 246 Å². The van der Waals surface area contributed by atoms with Crippen molar-refractivity contribution in [3.05, 3.63) is 0 Å². The van der Waals surface area contributed by atoms with Crippen LogP contribution < -0.4 is 0 Å². The summed E-state index contributed by atoms with van der Waals surface area (Å²) >= 11 is 0. The highest BCUT2D eigenvalue weighted by Crippen LogP contribution is 2.47. The zero-order valence-corrected chi connectivity index (χ0v) is 25.6. The molecule has 19 nitrogen and oxygen atoms in total. The molecule has 5 N–H and O–H groups in total. The summed E-state index contributed by atoms with van der Waals surface area (Å²) in [4.78, 5) is 43.3. The lowest BCUT2D eigenvalue weighted by Crippen LogP contribution is -2.67. The van der Waals surface area contributed by atoms with Gasteiger partial charge < -0.3 is 62.2 Å². The van der Waals surface area contributed by atoms with Crippen LogP contribution in [0.2, 0.25) is 0 Å². The van der Waals surface area contributed by atoms with Crippen molar-refractivity contribution in [1.82, 2.24) is 0 Å². The largest absolute Gasteiger partial charge is 0.470 e. The Morgan fingerprint density at radius 1 is 0.452 bits per heavy atom.